The van der Waals surface area contributed by atoms with E-state index in [9.17, 15) is 8.42 Å². The van der Waals surface area contributed by atoms with Crippen molar-refractivity contribution < 1.29 is 13.2 Å². The number of nitrogens with one attached hydrogen (secondary N) is 2. The smallest absolute Gasteiger partial charge is 0.240 e. The van der Waals surface area contributed by atoms with Crippen LogP contribution in [0.4, 0.5) is 0 Å². The van der Waals surface area contributed by atoms with Gasteiger partial charge in [0.2, 0.25) is 10.0 Å². The third kappa shape index (κ3) is 6.22. The molecule has 3 aromatic rings. The van der Waals surface area contributed by atoms with Crippen molar-refractivity contribution in [1.29, 1.82) is 0 Å². The quantitative estimate of drug-likeness (QED) is 0.348. The van der Waals surface area contributed by atoms with E-state index in [1.165, 1.54) is 0 Å². The van der Waals surface area contributed by atoms with Crippen molar-refractivity contribution in [1.82, 2.24) is 19.7 Å². The number of hydrogen-bond acceptors (Lipinski definition) is 5. The zero-order chi connectivity index (χ0) is 22.4. The summed E-state index contributed by atoms with van der Waals surface area (Å²) in [6.45, 7) is 10.3. The molecule has 1 atom stereocenters. The maximum atomic E-state index is 12.9. The van der Waals surface area contributed by atoms with Crippen molar-refractivity contribution in [2.75, 3.05) is 13.2 Å². The summed E-state index contributed by atoms with van der Waals surface area (Å²) in [7, 11) is -3.65. The Kier molecular flexibility index (Phi) is 7.59. The van der Waals surface area contributed by atoms with E-state index in [1.807, 2.05) is 25.1 Å². The average Bonchev–Trinajstić information content (AvgIpc) is 3.09. The number of ether oxygens (including phenoxy) is 1. The van der Waals surface area contributed by atoms with Gasteiger partial charge in [-0.25, -0.2) is 18.1 Å². The Balaban J connectivity index is 1.73. The average molecular weight is 443 g/mol. The minimum atomic E-state index is -3.65. The summed E-state index contributed by atoms with van der Waals surface area (Å²) >= 11 is 0. The van der Waals surface area contributed by atoms with Gasteiger partial charge in [-0.3, -0.25) is 4.98 Å². The van der Waals surface area contributed by atoms with Gasteiger partial charge in [-0.1, -0.05) is 32.1 Å². The van der Waals surface area contributed by atoms with E-state index in [4.69, 9.17) is 4.74 Å². The number of sulfonamides is 1. The Hall–Kier alpha value is -2.55. The molecular weight excluding hydrogens is 412 g/mol. The molecule has 166 valence electrons. The summed E-state index contributed by atoms with van der Waals surface area (Å²) in [4.78, 5) is 12.4. The van der Waals surface area contributed by atoms with E-state index < -0.39 is 10.0 Å². The first-order valence-corrected chi connectivity index (χ1v) is 11.9. The molecule has 0 spiro atoms. The molecule has 7 nitrogen and oxygen atoms in total. The number of H-pyrrole nitrogens is 1. The largest absolute Gasteiger partial charge is 0.376 e. The van der Waals surface area contributed by atoms with Crippen LogP contribution in [-0.4, -0.2) is 42.6 Å². The van der Waals surface area contributed by atoms with Crippen LogP contribution in [0.2, 0.25) is 0 Å². The van der Waals surface area contributed by atoms with Crippen LogP contribution in [0.15, 0.2) is 54.1 Å². The van der Waals surface area contributed by atoms with E-state index in [0.29, 0.717) is 32.0 Å². The molecule has 2 N–H and O–H groups in total. The fourth-order valence-electron chi connectivity index (χ4n) is 3.52. The molecule has 0 saturated carbocycles. The molecule has 0 bridgehead atoms. The molecule has 2 heterocycles. The van der Waals surface area contributed by atoms with Gasteiger partial charge in [0.15, 0.2) is 0 Å². The number of benzene rings is 1. The Morgan fingerprint density at radius 2 is 1.97 bits per heavy atom. The van der Waals surface area contributed by atoms with Crippen molar-refractivity contribution in [2.45, 2.75) is 44.6 Å². The predicted octanol–water partition coefficient (Wildman–Crippen LogP) is 3.75. The summed E-state index contributed by atoms with van der Waals surface area (Å²) in [6.07, 6.45) is 4.66. The fraction of sp³-hybridized carbons (Fsp3) is 0.391. The van der Waals surface area contributed by atoms with Gasteiger partial charge >= 0.3 is 0 Å². The number of hydrogen-bond donors (Lipinski definition) is 2. The Bertz CT molecular complexity index is 1120. The standard InChI is InChI=1S/C23H30N4O3S/c1-5-12-30-15-19(13-16(2)3)27-31(28,29)20-8-6-18(7-9-20)14-22-23-21(10-11-24-22)25-17(4)26-23/h5-11,16,19,27H,1,12-15H2,2-4H3,(H,25,26)/t19-/m0/s1. The lowest BCUT2D eigenvalue weighted by atomic mass is 10.1. The number of aryl methyl sites for hydroxylation is 1. The highest BCUT2D eigenvalue weighted by Gasteiger charge is 2.21. The summed E-state index contributed by atoms with van der Waals surface area (Å²) in [5.74, 6) is 1.17. The van der Waals surface area contributed by atoms with Gasteiger partial charge in [-0.05, 0) is 43.0 Å². The molecule has 8 heteroatoms. The van der Waals surface area contributed by atoms with Crippen LogP contribution in [0.1, 0.15) is 37.4 Å². The number of nitrogens with zero attached hydrogens (tertiary/aromatic N) is 2. The summed E-state index contributed by atoms with van der Waals surface area (Å²) in [5.41, 5.74) is 3.61. The number of pyridine rings is 1. The second-order valence-corrected chi connectivity index (χ2v) is 9.78. The molecular formula is C23H30N4O3S. The molecule has 0 aliphatic heterocycles. The first kappa shape index (κ1) is 23.1. The lowest BCUT2D eigenvalue weighted by molar-refractivity contribution is 0.135. The highest BCUT2D eigenvalue weighted by atomic mass is 32.2. The van der Waals surface area contributed by atoms with Crippen molar-refractivity contribution in [3.8, 4) is 0 Å². The van der Waals surface area contributed by atoms with Gasteiger partial charge in [-0.15, -0.1) is 6.58 Å². The van der Waals surface area contributed by atoms with Crippen molar-refractivity contribution in [3.63, 3.8) is 0 Å². The maximum Gasteiger partial charge on any atom is 0.240 e. The molecule has 0 aliphatic rings. The zero-order valence-corrected chi connectivity index (χ0v) is 19.1. The van der Waals surface area contributed by atoms with Gasteiger partial charge in [0.05, 0.1) is 29.3 Å². The van der Waals surface area contributed by atoms with Gasteiger partial charge in [0, 0.05) is 18.7 Å². The van der Waals surface area contributed by atoms with E-state index in [1.54, 1.807) is 24.4 Å². The molecule has 0 amide bonds. The molecule has 0 radical (unpaired) electrons. The monoisotopic (exact) mass is 442 g/mol. The Labute approximate surface area is 184 Å². The normalized spacial score (nSPS) is 13.0. The van der Waals surface area contributed by atoms with Gasteiger partial charge < -0.3 is 9.72 Å². The van der Waals surface area contributed by atoms with Crippen LogP contribution in [0.5, 0.6) is 0 Å². The van der Waals surface area contributed by atoms with Crippen LogP contribution in [0.25, 0.3) is 11.0 Å². The maximum absolute atomic E-state index is 12.9. The van der Waals surface area contributed by atoms with Crippen molar-refractivity contribution >= 4 is 21.1 Å². The lowest BCUT2D eigenvalue weighted by Gasteiger charge is -2.20. The number of imidazole rings is 1. The predicted molar refractivity (Wildman–Crippen MR) is 122 cm³/mol. The van der Waals surface area contributed by atoms with Crippen molar-refractivity contribution in [2.24, 2.45) is 5.92 Å². The lowest BCUT2D eigenvalue weighted by Crippen LogP contribution is -2.39. The Morgan fingerprint density at radius 1 is 1.23 bits per heavy atom. The van der Waals surface area contributed by atoms with Crippen molar-refractivity contribution in [3.05, 3.63) is 66.3 Å². The molecule has 0 aliphatic carbocycles. The molecule has 3 rings (SSSR count). The van der Waals surface area contributed by atoms with E-state index in [2.05, 4.69) is 40.1 Å². The summed E-state index contributed by atoms with van der Waals surface area (Å²) in [6, 6.07) is 8.50. The van der Waals surface area contributed by atoms with Crippen LogP contribution in [0, 0.1) is 12.8 Å². The SMILES string of the molecule is C=CCOC[C@H](CC(C)C)NS(=O)(=O)c1ccc(Cc2nccc3[nH]c(C)nc23)cc1. The highest BCUT2D eigenvalue weighted by Crippen LogP contribution is 2.19. The third-order valence-corrected chi connectivity index (χ3v) is 6.37. The Morgan fingerprint density at radius 3 is 2.65 bits per heavy atom. The highest BCUT2D eigenvalue weighted by molar-refractivity contribution is 7.89. The van der Waals surface area contributed by atoms with Gasteiger partial charge in [-0.2, -0.15) is 0 Å². The minimum absolute atomic E-state index is 0.232. The van der Waals surface area contributed by atoms with Crippen LogP contribution in [-0.2, 0) is 21.2 Å². The number of rotatable bonds is 11. The van der Waals surface area contributed by atoms with E-state index in [-0.39, 0.29) is 10.9 Å². The first-order chi connectivity index (χ1) is 14.8. The number of fused-ring (bicyclic) bond motifs is 1. The van der Waals surface area contributed by atoms with Crippen LogP contribution < -0.4 is 4.72 Å². The molecule has 2 aromatic heterocycles. The van der Waals surface area contributed by atoms with Gasteiger partial charge in [0.1, 0.15) is 11.3 Å². The summed E-state index contributed by atoms with van der Waals surface area (Å²) < 4.78 is 34.1. The summed E-state index contributed by atoms with van der Waals surface area (Å²) in [5, 5.41) is 0. The first-order valence-electron chi connectivity index (χ1n) is 10.4. The van der Waals surface area contributed by atoms with Crippen LogP contribution in [0.3, 0.4) is 0 Å². The van der Waals surface area contributed by atoms with E-state index in [0.717, 1.165) is 28.1 Å². The fourth-order valence-corrected chi connectivity index (χ4v) is 4.76. The molecule has 0 saturated heterocycles. The topological polar surface area (TPSA) is 97.0 Å². The molecule has 31 heavy (non-hydrogen) atoms. The second kappa shape index (κ2) is 10.2. The number of aromatic amines is 1. The molecule has 0 unspecified atom stereocenters. The molecule has 0 fully saturated rings. The van der Waals surface area contributed by atoms with Gasteiger partial charge in [0.25, 0.3) is 0 Å². The number of aromatic nitrogens is 3. The third-order valence-electron chi connectivity index (χ3n) is 4.83. The minimum Gasteiger partial charge on any atom is -0.376 e. The molecule has 1 aromatic carbocycles. The van der Waals surface area contributed by atoms with Crippen LogP contribution >= 0.6 is 0 Å². The van der Waals surface area contributed by atoms with E-state index >= 15 is 0 Å². The second-order valence-electron chi connectivity index (χ2n) is 8.07. The zero-order valence-electron chi connectivity index (χ0n) is 18.3.